The Labute approximate surface area is 162 Å². The topological polar surface area (TPSA) is 58.4 Å². The van der Waals surface area contributed by atoms with Gasteiger partial charge in [0.05, 0.1) is 17.9 Å². The molecule has 1 atom stereocenters. The van der Waals surface area contributed by atoms with Crippen molar-refractivity contribution in [2.75, 3.05) is 33.2 Å². The Bertz CT molecular complexity index is 714. The van der Waals surface area contributed by atoms with Gasteiger partial charge in [0, 0.05) is 37.7 Å². The van der Waals surface area contributed by atoms with Crippen LogP contribution in [0.1, 0.15) is 52.1 Å². The van der Waals surface area contributed by atoms with E-state index in [4.69, 9.17) is 0 Å². The summed E-state index contributed by atoms with van der Waals surface area (Å²) in [6.07, 6.45) is 5.75. The average Bonchev–Trinajstić information content (AvgIpc) is 2.62. The van der Waals surface area contributed by atoms with Crippen LogP contribution in [0.5, 0.6) is 0 Å². The molecule has 0 N–H and O–H groups in total. The maximum atomic E-state index is 12.8. The molecule has 2 aliphatic heterocycles. The minimum atomic E-state index is -0.114. The highest BCUT2D eigenvalue weighted by Gasteiger charge is 2.30. The monoisotopic (exact) mass is 374 g/mol. The molecule has 0 aliphatic carbocycles. The predicted octanol–water partition coefficient (Wildman–Crippen LogP) is 2.12. The first kappa shape index (κ1) is 20.1. The molecule has 0 bridgehead atoms. The second-order valence-corrected chi connectivity index (χ2v) is 9.38. The van der Waals surface area contributed by atoms with Crippen LogP contribution in [-0.4, -0.2) is 58.5 Å². The summed E-state index contributed by atoms with van der Waals surface area (Å²) < 4.78 is 1.73. The highest BCUT2D eigenvalue weighted by molar-refractivity contribution is 5.79. The Morgan fingerprint density at radius 1 is 1.19 bits per heavy atom. The molecule has 0 radical (unpaired) electrons. The summed E-state index contributed by atoms with van der Waals surface area (Å²) >= 11 is 0. The lowest BCUT2D eigenvalue weighted by Gasteiger charge is -2.37. The SMILES string of the molecule is CN1CCCC(C(=O)N2CCC(Cn3cnc(C(C)(C)C)cc3=O)CC2)C1. The molecule has 2 fully saturated rings. The van der Waals surface area contributed by atoms with Crippen molar-refractivity contribution in [3.05, 3.63) is 28.4 Å². The lowest BCUT2D eigenvalue weighted by Crippen LogP contribution is -2.47. The first-order chi connectivity index (χ1) is 12.7. The van der Waals surface area contributed by atoms with Gasteiger partial charge in [-0.3, -0.25) is 14.2 Å². The number of hydrogen-bond acceptors (Lipinski definition) is 4. The Hall–Kier alpha value is -1.69. The van der Waals surface area contributed by atoms with E-state index < -0.39 is 0 Å². The summed E-state index contributed by atoms with van der Waals surface area (Å²) in [7, 11) is 2.10. The maximum Gasteiger partial charge on any atom is 0.253 e. The number of carbonyl (C=O) groups is 1. The van der Waals surface area contributed by atoms with Crippen LogP contribution in [0.4, 0.5) is 0 Å². The van der Waals surface area contributed by atoms with Gasteiger partial charge in [0.25, 0.3) is 5.56 Å². The minimum Gasteiger partial charge on any atom is -0.342 e. The van der Waals surface area contributed by atoms with Gasteiger partial charge in [-0.25, -0.2) is 4.98 Å². The third-order valence-electron chi connectivity index (χ3n) is 6.00. The van der Waals surface area contributed by atoms with E-state index in [1.807, 2.05) is 4.90 Å². The standard InChI is InChI=1S/C21H34N4O2/c1-21(2,3)18-12-19(26)25(15-22-18)13-16-7-10-24(11-8-16)20(27)17-6-5-9-23(4)14-17/h12,15-17H,5-11,13-14H2,1-4H3. The molecule has 3 heterocycles. The summed E-state index contributed by atoms with van der Waals surface area (Å²) in [6.45, 7) is 10.5. The molecule has 1 aromatic heterocycles. The van der Waals surface area contributed by atoms with E-state index >= 15 is 0 Å². The average molecular weight is 375 g/mol. The van der Waals surface area contributed by atoms with E-state index in [1.54, 1.807) is 17.0 Å². The molecule has 27 heavy (non-hydrogen) atoms. The van der Waals surface area contributed by atoms with Crippen molar-refractivity contribution >= 4 is 5.91 Å². The number of rotatable bonds is 3. The molecule has 2 aliphatic rings. The Morgan fingerprint density at radius 3 is 2.48 bits per heavy atom. The second kappa shape index (κ2) is 8.13. The summed E-state index contributed by atoms with van der Waals surface area (Å²) in [5, 5.41) is 0. The second-order valence-electron chi connectivity index (χ2n) is 9.38. The third kappa shape index (κ3) is 4.98. The summed E-state index contributed by atoms with van der Waals surface area (Å²) in [5.74, 6) is 0.925. The quantitative estimate of drug-likeness (QED) is 0.813. The van der Waals surface area contributed by atoms with Crippen LogP contribution in [0.15, 0.2) is 17.2 Å². The first-order valence-electron chi connectivity index (χ1n) is 10.3. The molecule has 150 valence electrons. The van der Waals surface area contributed by atoms with Gasteiger partial charge in [-0.05, 0) is 45.2 Å². The molecule has 1 amide bonds. The highest BCUT2D eigenvalue weighted by atomic mass is 16.2. The van der Waals surface area contributed by atoms with Gasteiger partial charge >= 0.3 is 0 Å². The van der Waals surface area contributed by atoms with Gasteiger partial charge in [-0.1, -0.05) is 20.8 Å². The number of carbonyl (C=O) groups excluding carboxylic acids is 1. The van der Waals surface area contributed by atoms with Crippen molar-refractivity contribution in [2.45, 2.75) is 58.4 Å². The van der Waals surface area contributed by atoms with Crippen LogP contribution in [-0.2, 0) is 16.8 Å². The fourth-order valence-electron chi connectivity index (χ4n) is 4.21. The number of amides is 1. The van der Waals surface area contributed by atoms with Crippen molar-refractivity contribution in [3.8, 4) is 0 Å². The van der Waals surface area contributed by atoms with E-state index in [0.29, 0.717) is 18.4 Å². The lowest BCUT2D eigenvalue weighted by molar-refractivity contribution is -0.138. The number of piperidine rings is 2. The number of hydrogen-bond donors (Lipinski definition) is 0. The zero-order valence-electron chi connectivity index (χ0n) is 17.3. The van der Waals surface area contributed by atoms with Gasteiger partial charge in [0.2, 0.25) is 5.91 Å². The predicted molar refractivity (Wildman–Crippen MR) is 107 cm³/mol. The normalized spacial score (nSPS) is 22.8. The van der Waals surface area contributed by atoms with Crippen molar-refractivity contribution in [3.63, 3.8) is 0 Å². The van der Waals surface area contributed by atoms with E-state index in [0.717, 1.165) is 57.6 Å². The molecule has 2 saturated heterocycles. The smallest absolute Gasteiger partial charge is 0.253 e. The van der Waals surface area contributed by atoms with Crippen LogP contribution < -0.4 is 5.56 Å². The molecule has 6 heteroatoms. The molecule has 1 unspecified atom stereocenters. The van der Waals surface area contributed by atoms with Gasteiger partial charge in [-0.2, -0.15) is 0 Å². The zero-order valence-corrected chi connectivity index (χ0v) is 17.3. The van der Waals surface area contributed by atoms with E-state index in [9.17, 15) is 9.59 Å². The third-order valence-corrected chi connectivity index (χ3v) is 6.00. The number of likely N-dealkylation sites (tertiary alicyclic amines) is 2. The number of aromatic nitrogens is 2. The van der Waals surface area contributed by atoms with Crippen LogP contribution >= 0.6 is 0 Å². The van der Waals surface area contributed by atoms with Gasteiger partial charge < -0.3 is 9.80 Å². The fraction of sp³-hybridized carbons (Fsp3) is 0.762. The molecule has 0 saturated carbocycles. The summed E-state index contributed by atoms with van der Waals surface area (Å²) in [5.41, 5.74) is 0.747. The van der Waals surface area contributed by atoms with E-state index in [-0.39, 0.29) is 16.9 Å². The molecule has 0 spiro atoms. The lowest BCUT2D eigenvalue weighted by atomic mass is 9.92. The van der Waals surface area contributed by atoms with Crippen LogP contribution in [0.25, 0.3) is 0 Å². The van der Waals surface area contributed by atoms with Gasteiger partial charge in [0.1, 0.15) is 0 Å². The summed E-state index contributed by atoms with van der Waals surface area (Å²) in [6, 6.07) is 1.66. The molecule has 1 aromatic rings. The highest BCUT2D eigenvalue weighted by Crippen LogP contribution is 2.24. The molecule has 6 nitrogen and oxygen atoms in total. The Balaban J connectivity index is 1.54. The number of nitrogens with zero attached hydrogens (tertiary/aromatic N) is 4. The largest absolute Gasteiger partial charge is 0.342 e. The molecule has 0 aromatic carbocycles. The first-order valence-corrected chi connectivity index (χ1v) is 10.3. The van der Waals surface area contributed by atoms with E-state index in [2.05, 4.69) is 37.7 Å². The maximum absolute atomic E-state index is 12.8. The fourth-order valence-corrected chi connectivity index (χ4v) is 4.21. The van der Waals surface area contributed by atoms with Crippen molar-refractivity contribution in [1.82, 2.24) is 19.4 Å². The Kier molecular flexibility index (Phi) is 6.04. The molecular formula is C21H34N4O2. The molecule has 3 rings (SSSR count). The van der Waals surface area contributed by atoms with Gasteiger partial charge in [0.15, 0.2) is 0 Å². The summed E-state index contributed by atoms with van der Waals surface area (Å²) in [4.78, 5) is 34.0. The van der Waals surface area contributed by atoms with Crippen LogP contribution in [0.3, 0.4) is 0 Å². The molecular weight excluding hydrogens is 340 g/mol. The van der Waals surface area contributed by atoms with Crippen molar-refractivity contribution in [2.24, 2.45) is 11.8 Å². The van der Waals surface area contributed by atoms with Crippen molar-refractivity contribution in [1.29, 1.82) is 0 Å². The van der Waals surface area contributed by atoms with Gasteiger partial charge in [-0.15, -0.1) is 0 Å². The van der Waals surface area contributed by atoms with E-state index in [1.165, 1.54) is 0 Å². The zero-order chi connectivity index (χ0) is 19.6. The van der Waals surface area contributed by atoms with Crippen molar-refractivity contribution < 1.29 is 4.79 Å². The van der Waals surface area contributed by atoms with Crippen LogP contribution in [0, 0.1) is 11.8 Å². The van der Waals surface area contributed by atoms with Crippen LogP contribution in [0.2, 0.25) is 0 Å². The Morgan fingerprint density at radius 2 is 1.89 bits per heavy atom. The minimum absolute atomic E-state index is 0.0265.